The maximum Gasteiger partial charge on any atom is 0.141 e. The standard InChI is InChI=1S/C14H19ClFNO/c1-2-11-9-17(6-5-14(11)18)8-10-3-4-13(16)12(15)7-10/h3-4,7,11,14,18H,2,5-6,8-9H2,1H3. The third-order valence-corrected chi connectivity index (χ3v) is 3.98. The number of benzene rings is 1. The number of hydrogen-bond donors (Lipinski definition) is 1. The Kier molecular flexibility index (Phi) is 4.60. The zero-order valence-electron chi connectivity index (χ0n) is 10.6. The Bertz CT molecular complexity index is 413. The molecule has 1 N–H and O–H groups in total. The van der Waals surface area contributed by atoms with E-state index in [-0.39, 0.29) is 16.9 Å². The van der Waals surface area contributed by atoms with E-state index in [1.165, 1.54) is 6.07 Å². The number of hydrogen-bond acceptors (Lipinski definition) is 2. The molecule has 0 aliphatic carbocycles. The number of nitrogens with zero attached hydrogens (tertiary/aromatic N) is 1. The van der Waals surface area contributed by atoms with Crippen LogP contribution >= 0.6 is 11.6 Å². The van der Waals surface area contributed by atoms with Crippen LogP contribution in [0.25, 0.3) is 0 Å². The number of aliphatic hydroxyl groups is 1. The van der Waals surface area contributed by atoms with E-state index in [2.05, 4.69) is 11.8 Å². The maximum absolute atomic E-state index is 13.1. The van der Waals surface area contributed by atoms with Gasteiger partial charge in [0.15, 0.2) is 0 Å². The summed E-state index contributed by atoms with van der Waals surface area (Å²) in [6.45, 7) is 4.65. The van der Waals surface area contributed by atoms with Gasteiger partial charge in [0.2, 0.25) is 0 Å². The van der Waals surface area contributed by atoms with E-state index in [1.54, 1.807) is 12.1 Å². The normalized spacial score (nSPS) is 25.3. The minimum absolute atomic E-state index is 0.177. The molecule has 1 aliphatic heterocycles. The van der Waals surface area contributed by atoms with Crippen molar-refractivity contribution in [2.45, 2.75) is 32.4 Å². The van der Waals surface area contributed by atoms with E-state index in [1.807, 2.05) is 0 Å². The Morgan fingerprint density at radius 2 is 2.28 bits per heavy atom. The number of rotatable bonds is 3. The first-order chi connectivity index (χ1) is 8.60. The zero-order valence-corrected chi connectivity index (χ0v) is 11.3. The van der Waals surface area contributed by atoms with Crippen molar-refractivity contribution in [3.8, 4) is 0 Å². The van der Waals surface area contributed by atoms with Gasteiger partial charge in [-0.25, -0.2) is 4.39 Å². The molecule has 1 aromatic rings. The number of halogens is 2. The van der Waals surface area contributed by atoms with Gasteiger partial charge in [-0.2, -0.15) is 0 Å². The van der Waals surface area contributed by atoms with E-state index >= 15 is 0 Å². The van der Waals surface area contributed by atoms with E-state index < -0.39 is 0 Å². The van der Waals surface area contributed by atoms with Gasteiger partial charge in [-0.05, 0) is 36.5 Å². The molecule has 0 bridgehead atoms. The molecule has 1 fully saturated rings. The molecule has 100 valence electrons. The lowest BCUT2D eigenvalue weighted by Gasteiger charge is -2.35. The molecular weight excluding hydrogens is 253 g/mol. The molecule has 1 aromatic carbocycles. The van der Waals surface area contributed by atoms with Gasteiger partial charge in [-0.3, -0.25) is 4.90 Å². The average Bonchev–Trinajstić information content (AvgIpc) is 2.36. The smallest absolute Gasteiger partial charge is 0.141 e. The molecule has 2 unspecified atom stereocenters. The molecule has 4 heteroatoms. The first kappa shape index (κ1) is 13.8. The van der Waals surface area contributed by atoms with Gasteiger partial charge in [0.1, 0.15) is 5.82 Å². The van der Waals surface area contributed by atoms with Crippen LogP contribution in [0.1, 0.15) is 25.3 Å². The zero-order chi connectivity index (χ0) is 13.1. The fraction of sp³-hybridized carbons (Fsp3) is 0.571. The Morgan fingerprint density at radius 1 is 1.50 bits per heavy atom. The summed E-state index contributed by atoms with van der Waals surface area (Å²) < 4.78 is 13.1. The van der Waals surface area contributed by atoms with Crippen LogP contribution in [0.5, 0.6) is 0 Å². The summed E-state index contributed by atoms with van der Waals surface area (Å²) >= 11 is 5.78. The first-order valence-corrected chi connectivity index (χ1v) is 6.82. The van der Waals surface area contributed by atoms with Gasteiger partial charge < -0.3 is 5.11 Å². The minimum Gasteiger partial charge on any atom is -0.393 e. The third-order valence-electron chi connectivity index (χ3n) is 3.69. The highest BCUT2D eigenvalue weighted by Crippen LogP contribution is 2.23. The second-order valence-corrected chi connectivity index (χ2v) is 5.42. The average molecular weight is 272 g/mol. The third kappa shape index (κ3) is 3.22. The highest BCUT2D eigenvalue weighted by molar-refractivity contribution is 6.30. The molecule has 0 saturated carbocycles. The topological polar surface area (TPSA) is 23.5 Å². The fourth-order valence-corrected chi connectivity index (χ4v) is 2.74. The van der Waals surface area contributed by atoms with Crippen LogP contribution in [0.2, 0.25) is 5.02 Å². The second kappa shape index (κ2) is 6.00. The summed E-state index contributed by atoms with van der Waals surface area (Å²) in [7, 11) is 0. The Balaban J connectivity index is 1.99. The SMILES string of the molecule is CCC1CN(Cc2ccc(F)c(Cl)c2)CCC1O. The quantitative estimate of drug-likeness (QED) is 0.913. The van der Waals surface area contributed by atoms with Crippen molar-refractivity contribution in [3.63, 3.8) is 0 Å². The van der Waals surface area contributed by atoms with Crippen LogP contribution < -0.4 is 0 Å². The minimum atomic E-state index is -0.374. The monoisotopic (exact) mass is 271 g/mol. The predicted molar refractivity (Wildman–Crippen MR) is 71.1 cm³/mol. The fourth-order valence-electron chi connectivity index (χ4n) is 2.54. The van der Waals surface area contributed by atoms with Gasteiger partial charge in [-0.1, -0.05) is 24.6 Å². The van der Waals surface area contributed by atoms with E-state index in [4.69, 9.17) is 11.6 Å². The van der Waals surface area contributed by atoms with Gasteiger partial charge >= 0.3 is 0 Å². The molecule has 0 aromatic heterocycles. The molecule has 18 heavy (non-hydrogen) atoms. The molecule has 2 nitrogen and oxygen atoms in total. The van der Waals surface area contributed by atoms with Gasteiger partial charge in [0.25, 0.3) is 0 Å². The van der Waals surface area contributed by atoms with E-state index in [0.29, 0.717) is 5.92 Å². The molecule has 1 aliphatic rings. The lowest BCUT2D eigenvalue weighted by molar-refractivity contribution is 0.0222. The van der Waals surface area contributed by atoms with E-state index in [9.17, 15) is 9.50 Å². The van der Waals surface area contributed by atoms with Crippen LogP contribution in [0.3, 0.4) is 0 Å². The highest BCUT2D eigenvalue weighted by Gasteiger charge is 2.26. The summed E-state index contributed by atoms with van der Waals surface area (Å²) in [6.07, 6.45) is 1.62. The second-order valence-electron chi connectivity index (χ2n) is 5.01. The Hall–Kier alpha value is -0.640. The van der Waals surface area contributed by atoms with Gasteiger partial charge in [0, 0.05) is 19.6 Å². The molecule has 0 spiro atoms. The van der Waals surface area contributed by atoms with Crippen LogP contribution in [-0.4, -0.2) is 29.2 Å². The summed E-state index contributed by atoms with van der Waals surface area (Å²) in [4.78, 5) is 2.30. The van der Waals surface area contributed by atoms with Crippen molar-refractivity contribution in [3.05, 3.63) is 34.6 Å². The number of aliphatic hydroxyl groups excluding tert-OH is 1. The molecule has 2 rings (SSSR count). The van der Waals surface area contributed by atoms with Crippen molar-refractivity contribution in [1.82, 2.24) is 4.90 Å². The first-order valence-electron chi connectivity index (χ1n) is 6.44. The lowest BCUT2D eigenvalue weighted by Crippen LogP contribution is -2.42. The van der Waals surface area contributed by atoms with Gasteiger partial charge in [-0.15, -0.1) is 0 Å². The van der Waals surface area contributed by atoms with E-state index in [0.717, 1.165) is 38.0 Å². The van der Waals surface area contributed by atoms with Crippen molar-refractivity contribution in [1.29, 1.82) is 0 Å². The summed E-state index contributed by atoms with van der Waals surface area (Å²) in [5.41, 5.74) is 1.02. The van der Waals surface area contributed by atoms with Crippen LogP contribution in [-0.2, 0) is 6.54 Å². The molecule has 1 heterocycles. The maximum atomic E-state index is 13.1. The predicted octanol–water partition coefficient (Wildman–Crippen LogP) is 3.07. The van der Waals surface area contributed by atoms with Crippen molar-refractivity contribution < 1.29 is 9.50 Å². The lowest BCUT2D eigenvalue weighted by atomic mass is 9.92. The van der Waals surface area contributed by atoms with Crippen LogP contribution in [0.15, 0.2) is 18.2 Å². The van der Waals surface area contributed by atoms with Crippen molar-refractivity contribution in [2.75, 3.05) is 13.1 Å². The summed E-state index contributed by atoms with van der Waals surface area (Å²) in [5.74, 6) is -0.0319. The van der Waals surface area contributed by atoms with Crippen molar-refractivity contribution in [2.24, 2.45) is 5.92 Å². The molecular formula is C14H19ClFNO. The van der Waals surface area contributed by atoms with Crippen molar-refractivity contribution >= 4 is 11.6 Å². The van der Waals surface area contributed by atoms with Crippen LogP contribution in [0.4, 0.5) is 4.39 Å². The highest BCUT2D eigenvalue weighted by atomic mass is 35.5. The molecule has 1 saturated heterocycles. The molecule has 0 radical (unpaired) electrons. The Morgan fingerprint density at radius 3 is 2.94 bits per heavy atom. The Labute approximate surface area is 112 Å². The molecule has 2 atom stereocenters. The van der Waals surface area contributed by atoms with Crippen LogP contribution in [0, 0.1) is 11.7 Å². The van der Waals surface area contributed by atoms with Gasteiger partial charge in [0.05, 0.1) is 11.1 Å². The largest absolute Gasteiger partial charge is 0.393 e. The number of likely N-dealkylation sites (tertiary alicyclic amines) is 1. The number of piperidine rings is 1. The summed E-state index contributed by atoms with van der Waals surface area (Å²) in [6, 6.07) is 4.86. The molecule has 0 amide bonds. The summed E-state index contributed by atoms with van der Waals surface area (Å²) in [5, 5.41) is 10.0.